The largest absolute Gasteiger partial charge is 0.449 e. The van der Waals surface area contributed by atoms with Gasteiger partial charge < -0.3 is 4.57 Å². The zero-order valence-corrected chi connectivity index (χ0v) is 21.8. The fourth-order valence-corrected chi connectivity index (χ4v) is 4.75. The fourth-order valence-electron chi connectivity index (χ4n) is 4.75. The Morgan fingerprint density at radius 1 is 0.857 bits per heavy atom. The van der Waals surface area contributed by atoms with Crippen molar-refractivity contribution in [1.29, 1.82) is 0 Å². The molecule has 42 heavy (non-hydrogen) atoms. The molecule has 0 amide bonds. The predicted molar refractivity (Wildman–Crippen MR) is 125 cm³/mol. The third-order valence-corrected chi connectivity index (χ3v) is 6.60. The second kappa shape index (κ2) is 11.4. The topological polar surface area (TPSA) is 38.1 Å². The summed E-state index contributed by atoms with van der Waals surface area (Å²) in [5.74, 6) is -7.20. The number of aromatic nitrogens is 2. The molecular weight excluding hydrogens is 622 g/mol. The second-order valence-electron chi connectivity index (χ2n) is 9.14. The number of carbonyl (C=O) groups is 1. The van der Waals surface area contributed by atoms with E-state index in [1.54, 1.807) is 0 Å². The van der Waals surface area contributed by atoms with Gasteiger partial charge in [0, 0.05) is 31.3 Å². The molecule has 0 saturated heterocycles. The summed E-state index contributed by atoms with van der Waals surface area (Å²) in [5, 5.41) is 0. The number of alkyl halides is 9. The van der Waals surface area contributed by atoms with E-state index in [4.69, 9.17) is 0 Å². The molecule has 2 aromatic carbocycles. The van der Waals surface area contributed by atoms with Crippen LogP contribution in [0.1, 0.15) is 46.3 Å². The van der Waals surface area contributed by atoms with E-state index in [1.807, 2.05) is 0 Å². The Morgan fingerprint density at radius 3 is 2.02 bits per heavy atom. The molecule has 0 aliphatic carbocycles. The second-order valence-corrected chi connectivity index (χ2v) is 9.14. The number of imidazole rings is 1. The summed E-state index contributed by atoms with van der Waals surface area (Å²) in [5.41, 5.74) is -6.89. The molecule has 230 valence electrons. The first-order valence-electron chi connectivity index (χ1n) is 11.7. The summed E-state index contributed by atoms with van der Waals surface area (Å²) < 4.78 is 164. The highest BCUT2D eigenvalue weighted by molar-refractivity contribution is 6.00. The van der Waals surface area contributed by atoms with Crippen LogP contribution in [0, 0.1) is 17.5 Å². The van der Waals surface area contributed by atoms with E-state index in [0.29, 0.717) is 16.7 Å². The summed E-state index contributed by atoms with van der Waals surface area (Å²) in [6.07, 6.45) is -15.9. The van der Waals surface area contributed by atoms with E-state index >= 15 is 0 Å². The van der Waals surface area contributed by atoms with Crippen molar-refractivity contribution in [2.24, 2.45) is 0 Å². The van der Waals surface area contributed by atoms with E-state index in [1.165, 1.54) is 11.8 Å². The summed E-state index contributed by atoms with van der Waals surface area (Å²) in [4.78, 5) is 17.6. The average molecular weight is 640 g/mol. The third kappa shape index (κ3) is 6.23. The van der Waals surface area contributed by atoms with Gasteiger partial charge in [-0.25, -0.2) is 18.2 Å². The van der Waals surface area contributed by atoms with Gasteiger partial charge in [-0.1, -0.05) is 13.0 Å². The lowest BCUT2D eigenvalue weighted by molar-refractivity contribution is -0.148. The van der Waals surface area contributed by atoms with Crippen molar-refractivity contribution in [1.82, 2.24) is 14.5 Å². The van der Waals surface area contributed by atoms with Crippen LogP contribution in [-0.4, -0.2) is 32.8 Å². The fraction of sp³-hybridized carbons (Fsp3) is 0.360. The molecule has 1 aromatic heterocycles. The van der Waals surface area contributed by atoms with Gasteiger partial charge in [-0.05, 0) is 24.6 Å². The van der Waals surface area contributed by atoms with Crippen LogP contribution in [0.25, 0.3) is 11.3 Å². The Morgan fingerprint density at radius 2 is 1.48 bits per heavy atom. The van der Waals surface area contributed by atoms with Gasteiger partial charge in [0.15, 0.2) is 17.4 Å². The molecule has 0 spiro atoms. The van der Waals surface area contributed by atoms with Gasteiger partial charge in [-0.3, -0.25) is 9.69 Å². The third-order valence-electron chi connectivity index (χ3n) is 6.60. The van der Waals surface area contributed by atoms with Crippen molar-refractivity contribution in [3.8, 4) is 11.3 Å². The normalized spacial score (nSPS) is 15.3. The van der Waals surface area contributed by atoms with Gasteiger partial charge >= 0.3 is 18.5 Å². The monoisotopic (exact) mass is 639 g/mol. The molecule has 3 aromatic rings. The van der Waals surface area contributed by atoms with Gasteiger partial charge in [0.1, 0.15) is 5.82 Å². The van der Waals surface area contributed by atoms with Crippen molar-refractivity contribution >= 4 is 18.2 Å². The Balaban J connectivity index is 0.00000484. The number of hydrogen-bond donors (Lipinski definition) is 0. The molecule has 1 aliphatic rings. The van der Waals surface area contributed by atoms with Gasteiger partial charge in [0.2, 0.25) is 5.82 Å². The molecular formula is C25H18ClF12N3O. The highest BCUT2D eigenvalue weighted by Crippen LogP contribution is 2.44. The lowest BCUT2D eigenvalue weighted by Gasteiger charge is -2.35. The Hall–Kier alpha value is -3.27. The standard InChI is InChI=1S/C25H17F12N3O.ClH/c1-2-18(21(41)13-8-16(27)17(28)9-15(13)26)39-5-6-40-19(10-39)20(38-22(40)25(35,36)37)12-4-3-11(23(29,30)31)7-14(12)24(32,33)34;/h3-4,7-9,18H,2,5-6,10H2,1H3;1H. The summed E-state index contributed by atoms with van der Waals surface area (Å²) in [6.45, 7) is -0.123. The molecule has 1 unspecified atom stereocenters. The highest BCUT2D eigenvalue weighted by Gasteiger charge is 2.44. The maximum absolute atomic E-state index is 14.3. The first-order chi connectivity index (χ1) is 18.8. The van der Waals surface area contributed by atoms with E-state index in [-0.39, 0.29) is 43.6 Å². The molecule has 0 radical (unpaired) electrons. The molecule has 0 saturated carbocycles. The molecule has 4 nitrogen and oxygen atoms in total. The lowest BCUT2D eigenvalue weighted by Crippen LogP contribution is -2.45. The van der Waals surface area contributed by atoms with Crippen LogP contribution < -0.4 is 0 Å². The van der Waals surface area contributed by atoms with Crippen LogP contribution in [0.3, 0.4) is 0 Å². The minimum Gasteiger partial charge on any atom is -0.321 e. The quantitative estimate of drug-likeness (QED) is 0.162. The van der Waals surface area contributed by atoms with E-state index in [9.17, 15) is 57.5 Å². The minimum atomic E-state index is -5.42. The summed E-state index contributed by atoms with van der Waals surface area (Å²) >= 11 is 0. The van der Waals surface area contributed by atoms with Crippen molar-refractivity contribution in [2.45, 2.75) is 51.0 Å². The number of ketones is 1. The molecule has 2 heterocycles. The first kappa shape index (κ1) is 33.2. The van der Waals surface area contributed by atoms with Crippen molar-refractivity contribution in [3.05, 3.63) is 76.0 Å². The Kier molecular flexibility index (Phi) is 9.05. The van der Waals surface area contributed by atoms with Crippen LogP contribution in [0.15, 0.2) is 30.3 Å². The van der Waals surface area contributed by atoms with Gasteiger partial charge in [0.25, 0.3) is 0 Å². The number of nitrogens with zero attached hydrogens (tertiary/aromatic N) is 3. The number of rotatable bonds is 5. The first-order valence-corrected chi connectivity index (χ1v) is 11.7. The maximum Gasteiger partial charge on any atom is 0.449 e. The number of carbonyl (C=O) groups excluding carboxylic acids is 1. The van der Waals surface area contributed by atoms with E-state index < -0.39 is 100 Å². The average Bonchev–Trinajstić information content (AvgIpc) is 3.24. The van der Waals surface area contributed by atoms with Crippen LogP contribution in [0.5, 0.6) is 0 Å². The zero-order chi connectivity index (χ0) is 30.7. The molecule has 1 atom stereocenters. The molecule has 4 rings (SSSR count). The summed E-state index contributed by atoms with van der Waals surface area (Å²) in [7, 11) is 0. The van der Waals surface area contributed by atoms with Gasteiger partial charge in [-0.2, -0.15) is 39.5 Å². The van der Waals surface area contributed by atoms with E-state index in [0.717, 1.165) is 0 Å². The van der Waals surface area contributed by atoms with Gasteiger partial charge in [0.05, 0.1) is 34.1 Å². The SMILES string of the molecule is CCC(C(=O)c1cc(F)c(F)cc1F)N1CCn2c(C(F)(F)F)nc(-c3ccc(C(F)(F)F)cc3C(F)(F)F)c2C1.Cl. The molecule has 0 bridgehead atoms. The highest BCUT2D eigenvalue weighted by atomic mass is 35.5. The molecule has 0 fully saturated rings. The van der Waals surface area contributed by atoms with Crippen LogP contribution in [0.2, 0.25) is 0 Å². The number of Topliss-reactive ketones (excluding diaryl/α,β-unsaturated/α-hetero) is 1. The molecule has 1 aliphatic heterocycles. The van der Waals surface area contributed by atoms with Crippen LogP contribution in [-0.2, 0) is 31.6 Å². The van der Waals surface area contributed by atoms with Crippen LogP contribution >= 0.6 is 12.4 Å². The lowest BCUT2D eigenvalue weighted by atomic mass is 9.97. The Bertz CT molecular complexity index is 1490. The number of benzene rings is 2. The number of hydrogen-bond acceptors (Lipinski definition) is 3. The van der Waals surface area contributed by atoms with Crippen molar-refractivity contribution in [3.63, 3.8) is 0 Å². The maximum atomic E-state index is 14.3. The number of halogens is 13. The molecule has 0 N–H and O–H groups in total. The molecule has 17 heteroatoms. The number of fused-ring (bicyclic) bond motifs is 1. The van der Waals surface area contributed by atoms with Crippen LogP contribution in [0.4, 0.5) is 52.7 Å². The predicted octanol–water partition coefficient (Wildman–Crippen LogP) is 7.92. The zero-order valence-electron chi connectivity index (χ0n) is 21.0. The minimum absolute atomic E-state index is 0. The smallest absolute Gasteiger partial charge is 0.321 e. The summed E-state index contributed by atoms with van der Waals surface area (Å²) in [6, 6.07) is -0.484. The van der Waals surface area contributed by atoms with E-state index in [2.05, 4.69) is 4.98 Å². The van der Waals surface area contributed by atoms with Crippen molar-refractivity contribution in [2.75, 3.05) is 6.54 Å². The Labute approximate surface area is 235 Å². The van der Waals surface area contributed by atoms with Crippen molar-refractivity contribution < 1.29 is 57.5 Å². The van der Waals surface area contributed by atoms with Gasteiger partial charge in [-0.15, -0.1) is 12.4 Å².